The van der Waals surface area contributed by atoms with E-state index in [1.807, 2.05) is 24.3 Å². The fourth-order valence-electron chi connectivity index (χ4n) is 1.19. The van der Waals surface area contributed by atoms with Gasteiger partial charge < -0.3 is 11.1 Å². The van der Waals surface area contributed by atoms with Gasteiger partial charge in [0.15, 0.2) is 5.69 Å². The quantitative estimate of drug-likeness (QED) is 0.819. The molecular weight excluding hydrogens is 331 g/mol. The third-order valence-electron chi connectivity index (χ3n) is 2.02. The average molecular weight is 340 g/mol. The minimum absolute atomic E-state index is 0.234. The van der Waals surface area contributed by atoms with E-state index in [1.54, 1.807) is 0 Å². The maximum Gasteiger partial charge on any atom is 0.276 e. The zero-order chi connectivity index (χ0) is 12.3. The van der Waals surface area contributed by atoms with Gasteiger partial charge in [0.1, 0.15) is 5.82 Å². The van der Waals surface area contributed by atoms with E-state index < -0.39 is 0 Å². The second kappa shape index (κ2) is 5.09. The third kappa shape index (κ3) is 3.13. The molecule has 0 bridgehead atoms. The number of carbonyl (C=O) groups is 1. The van der Waals surface area contributed by atoms with Crippen molar-refractivity contribution in [1.29, 1.82) is 0 Å². The Kier molecular flexibility index (Phi) is 3.52. The van der Waals surface area contributed by atoms with E-state index in [4.69, 9.17) is 5.73 Å². The summed E-state index contributed by atoms with van der Waals surface area (Å²) in [4.78, 5) is 11.8. The molecule has 3 N–H and O–H groups in total. The molecule has 1 heterocycles. The van der Waals surface area contributed by atoms with Crippen molar-refractivity contribution >= 4 is 40.0 Å². The van der Waals surface area contributed by atoms with Crippen molar-refractivity contribution in [3.8, 4) is 0 Å². The van der Waals surface area contributed by atoms with E-state index in [0.29, 0.717) is 5.69 Å². The van der Waals surface area contributed by atoms with Crippen molar-refractivity contribution < 1.29 is 4.79 Å². The smallest absolute Gasteiger partial charge is 0.276 e. The van der Waals surface area contributed by atoms with E-state index in [2.05, 4.69) is 38.1 Å². The lowest BCUT2D eigenvalue weighted by atomic mass is 10.3. The summed E-state index contributed by atoms with van der Waals surface area (Å²) in [6.07, 6.45) is 0. The van der Waals surface area contributed by atoms with Crippen molar-refractivity contribution in [2.75, 3.05) is 11.1 Å². The van der Waals surface area contributed by atoms with Gasteiger partial charge in [0, 0.05) is 9.26 Å². The van der Waals surface area contributed by atoms with Crippen molar-refractivity contribution in [2.45, 2.75) is 0 Å². The number of hydrogen-bond acceptors (Lipinski definition) is 4. The minimum Gasteiger partial charge on any atom is -0.382 e. The number of nitrogens with one attached hydrogen (secondary N) is 1. The van der Waals surface area contributed by atoms with Gasteiger partial charge in [-0.2, -0.15) is 0 Å². The number of benzene rings is 1. The number of nitrogens with two attached hydrogens (primary N) is 1. The summed E-state index contributed by atoms with van der Waals surface area (Å²) in [5.41, 5.74) is 6.34. The third-order valence-corrected chi connectivity index (χ3v) is 2.74. The molecule has 86 valence electrons. The fraction of sp³-hybridized carbons (Fsp3) is 0. The molecule has 2 rings (SSSR count). The van der Waals surface area contributed by atoms with Crippen molar-refractivity contribution in [3.63, 3.8) is 0 Å². The van der Waals surface area contributed by atoms with Gasteiger partial charge in [-0.25, -0.2) is 0 Å². The highest BCUT2D eigenvalue weighted by atomic mass is 127. The molecule has 0 saturated carbocycles. The first-order valence-electron chi connectivity index (χ1n) is 4.81. The molecule has 0 aliphatic carbocycles. The number of aromatic nitrogens is 2. The molecule has 0 spiro atoms. The Hall–Kier alpha value is -1.70. The molecule has 0 fully saturated rings. The first kappa shape index (κ1) is 11.8. The molecule has 0 aliphatic rings. The number of nitrogen functional groups attached to an aromatic ring is 1. The lowest BCUT2D eigenvalue weighted by Gasteiger charge is -2.04. The Balaban J connectivity index is 2.11. The summed E-state index contributed by atoms with van der Waals surface area (Å²) in [7, 11) is 0. The van der Waals surface area contributed by atoms with Crippen LogP contribution in [0.15, 0.2) is 36.4 Å². The van der Waals surface area contributed by atoms with Crippen LogP contribution in [-0.2, 0) is 0 Å². The number of hydrogen-bond donors (Lipinski definition) is 2. The SMILES string of the molecule is Nc1ccc(C(=O)Nc2ccc(I)cc2)nn1. The predicted octanol–water partition coefficient (Wildman–Crippen LogP) is 1.92. The highest BCUT2D eigenvalue weighted by molar-refractivity contribution is 14.1. The molecule has 5 nitrogen and oxygen atoms in total. The van der Waals surface area contributed by atoms with Gasteiger partial charge in [0.05, 0.1) is 0 Å². The van der Waals surface area contributed by atoms with Crippen LogP contribution in [0.25, 0.3) is 0 Å². The van der Waals surface area contributed by atoms with Gasteiger partial charge in [-0.3, -0.25) is 4.79 Å². The monoisotopic (exact) mass is 340 g/mol. The molecule has 1 amide bonds. The van der Waals surface area contributed by atoms with Gasteiger partial charge >= 0.3 is 0 Å². The maximum atomic E-state index is 11.8. The summed E-state index contributed by atoms with van der Waals surface area (Å²) in [6.45, 7) is 0. The molecular formula is C11H9IN4O. The first-order valence-corrected chi connectivity index (χ1v) is 5.89. The number of rotatable bonds is 2. The molecule has 0 unspecified atom stereocenters. The highest BCUT2D eigenvalue weighted by Gasteiger charge is 2.07. The number of amides is 1. The maximum absolute atomic E-state index is 11.8. The van der Waals surface area contributed by atoms with Crippen LogP contribution in [0.3, 0.4) is 0 Å². The summed E-state index contributed by atoms with van der Waals surface area (Å²) in [5, 5.41) is 10.0. The van der Waals surface area contributed by atoms with Gasteiger partial charge in [-0.05, 0) is 59.0 Å². The van der Waals surface area contributed by atoms with Gasteiger partial charge in [0.25, 0.3) is 5.91 Å². The fourth-order valence-corrected chi connectivity index (χ4v) is 1.55. The van der Waals surface area contributed by atoms with E-state index in [1.165, 1.54) is 12.1 Å². The zero-order valence-electron chi connectivity index (χ0n) is 8.72. The largest absolute Gasteiger partial charge is 0.382 e. The Bertz CT molecular complexity index is 524. The molecule has 17 heavy (non-hydrogen) atoms. The van der Waals surface area contributed by atoms with Crippen LogP contribution in [0.4, 0.5) is 11.5 Å². The second-order valence-corrected chi connectivity index (χ2v) is 4.55. The van der Waals surface area contributed by atoms with Crippen LogP contribution in [0.2, 0.25) is 0 Å². The Morgan fingerprint density at radius 1 is 1.12 bits per heavy atom. The van der Waals surface area contributed by atoms with Gasteiger partial charge in [0.2, 0.25) is 0 Å². The van der Waals surface area contributed by atoms with E-state index in [9.17, 15) is 4.79 Å². The molecule has 1 aromatic carbocycles. The van der Waals surface area contributed by atoms with Crippen LogP contribution >= 0.6 is 22.6 Å². The number of anilines is 2. The minimum atomic E-state index is -0.307. The Morgan fingerprint density at radius 3 is 2.41 bits per heavy atom. The van der Waals surface area contributed by atoms with Crippen LogP contribution in [0.5, 0.6) is 0 Å². The molecule has 0 aliphatic heterocycles. The van der Waals surface area contributed by atoms with Gasteiger partial charge in [-0.1, -0.05) is 0 Å². The topological polar surface area (TPSA) is 80.9 Å². The standard InChI is InChI=1S/C11H9IN4O/c12-7-1-3-8(4-2-7)14-11(17)9-5-6-10(13)16-15-9/h1-6H,(H2,13,16)(H,14,17). The van der Waals surface area contributed by atoms with E-state index >= 15 is 0 Å². The average Bonchev–Trinajstić information content (AvgIpc) is 2.33. The molecule has 0 saturated heterocycles. The number of nitrogens with zero attached hydrogens (tertiary/aromatic N) is 2. The van der Waals surface area contributed by atoms with Crippen LogP contribution < -0.4 is 11.1 Å². The highest BCUT2D eigenvalue weighted by Crippen LogP contribution is 2.12. The summed E-state index contributed by atoms with van der Waals surface area (Å²) in [6, 6.07) is 10.5. The molecule has 1 aromatic heterocycles. The molecule has 0 radical (unpaired) electrons. The Labute approximate surface area is 112 Å². The van der Waals surface area contributed by atoms with Crippen molar-refractivity contribution in [3.05, 3.63) is 45.7 Å². The van der Waals surface area contributed by atoms with Gasteiger partial charge in [-0.15, -0.1) is 10.2 Å². The van der Waals surface area contributed by atoms with Crippen molar-refractivity contribution in [1.82, 2.24) is 10.2 Å². The van der Waals surface area contributed by atoms with E-state index in [0.717, 1.165) is 3.57 Å². The second-order valence-electron chi connectivity index (χ2n) is 3.30. The molecule has 0 atom stereocenters. The Morgan fingerprint density at radius 2 is 1.82 bits per heavy atom. The lowest BCUT2D eigenvalue weighted by Crippen LogP contribution is -2.14. The van der Waals surface area contributed by atoms with E-state index in [-0.39, 0.29) is 17.4 Å². The molecule has 2 aromatic rings. The van der Waals surface area contributed by atoms with Crippen LogP contribution in [0, 0.1) is 3.57 Å². The van der Waals surface area contributed by atoms with Crippen molar-refractivity contribution in [2.24, 2.45) is 0 Å². The summed E-state index contributed by atoms with van der Waals surface area (Å²) >= 11 is 2.20. The zero-order valence-corrected chi connectivity index (χ0v) is 10.9. The summed E-state index contributed by atoms with van der Waals surface area (Å²) < 4.78 is 1.10. The summed E-state index contributed by atoms with van der Waals surface area (Å²) in [5.74, 6) is -0.0190. The first-order chi connectivity index (χ1) is 8.15. The predicted molar refractivity (Wildman–Crippen MR) is 73.6 cm³/mol. The number of carbonyl (C=O) groups excluding carboxylic acids is 1. The normalized spacial score (nSPS) is 9.94. The van der Waals surface area contributed by atoms with Crippen LogP contribution in [0.1, 0.15) is 10.5 Å². The lowest BCUT2D eigenvalue weighted by molar-refractivity contribution is 0.102. The number of halogens is 1. The van der Waals surface area contributed by atoms with Crippen LogP contribution in [-0.4, -0.2) is 16.1 Å². The molecule has 6 heteroatoms.